The molecule has 0 spiro atoms. The monoisotopic (exact) mass is 478 g/mol. The summed E-state index contributed by atoms with van der Waals surface area (Å²) in [6, 6.07) is 14.1. The van der Waals surface area contributed by atoms with Gasteiger partial charge in [0.15, 0.2) is 0 Å². The molecule has 172 valence electrons. The van der Waals surface area contributed by atoms with E-state index < -0.39 is 12.0 Å². The maximum Gasteiger partial charge on any atom is 0.325 e. The minimum absolute atomic E-state index is 0.0122. The Morgan fingerprint density at radius 2 is 1.84 bits per heavy atom. The Morgan fingerprint density at radius 3 is 2.53 bits per heavy atom. The lowest BCUT2D eigenvalue weighted by atomic mass is 10.0. The highest BCUT2D eigenvalue weighted by atomic mass is 35.5. The van der Waals surface area contributed by atoms with Gasteiger partial charge in [-0.3, -0.25) is 9.69 Å². The second kappa shape index (κ2) is 10.9. The number of carboxylic acids is 1. The number of carbonyl (C=O) groups is 1. The number of nitrogens with zero attached hydrogens (tertiary/aromatic N) is 2. The topological polar surface area (TPSA) is 62.2 Å². The molecule has 2 aromatic carbocycles. The van der Waals surface area contributed by atoms with Crippen LogP contribution < -0.4 is 4.74 Å². The summed E-state index contributed by atoms with van der Waals surface area (Å²) in [6.45, 7) is 4.36. The van der Waals surface area contributed by atoms with Gasteiger partial charge >= 0.3 is 5.97 Å². The number of halogens is 2. The van der Waals surface area contributed by atoms with Crippen LogP contribution in [0.2, 0.25) is 10.0 Å². The minimum atomic E-state index is -0.822. The molecule has 2 atom stereocenters. The van der Waals surface area contributed by atoms with E-state index in [1.165, 1.54) is 0 Å². The van der Waals surface area contributed by atoms with Gasteiger partial charge in [0.05, 0.1) is 22.8 Å². The molecule has 2 fully saturated rings. The van der Waals surface area contributed by atoms with Gasteiger partial charge in [-0.25, -0.2) is 0 Å². The van der Waals surface area contributed by atoms with Crippen molar-refractivity contribution in [1.82, 2.24) is 9.80 Å². The van der Waals surface area contributed by atoms with E-state index in [9.17, 15) is 9.90 Å². The summed E-state index contributed by atoms with van der Waals surface area (Å²) in [5.74, 6) is -0.0816. The molecule has 0 saturated carbocycles. The van der Waals surface area contributed by atoms with E-state index in [-0.39, 0.29) is 12.2 Å². The fourth-order valence-corrected chi connectivity index (χ4v) is 4.76. The number of morpholine rings is 1. The number of likely N-dealkylation sites (tertiary alicyclic amines) is 1. The van der Waals surface area contributed by atoms with Gasteiger partial charge in [-0.15, -0.1) is 0 Å². The van der Waals surface area contributed by atoms with E-state index in [0.717, 1.165) is 43.8 Å². The van der Waals surface area contributed by atoms with Crippen molar-refractivity contribution < 1.29 is 19.4 Å². The third kappa shape index (κ3) is 5.94. The lowest BCUT2D eigenvalue weighted by molar-refractivity contribution is -0.147. The van der Waals surface area contributed by atoms with Crippen LogP contribution in [0.5, 0.6) is 5.75 Å². The van der Waals surface area contributed by atoms with Crippen molar-refractivity contribution in [2.45, 2.75) is 31.1 Å². The zero-order valence-corrected chi connectivity index (χ0v) is 19.3. The normalized spacial score (nSPS) is 21.9. The Morgan fingerprint density at radius 1 is 1.09 bits per heavy atom. The Labute approximate surface area is 198 Å². The van der Waals surface area contributed by atoms with Crippen LogP contribution in [0.1, 0.15) is 24.4 Å². The van der Waals surface area contributed by atoms with Crippen LogP contribution in [-0.4, -0.2) is 72.4 Å². The number of hydrogen-bond acceptors (Lipinski definition) is 5. The van der Waals surface area contributed by atoms with Crippen molar-refractivity contribution >= 4 is 29.2 Å². The largest absolute Gasteiger partial charge is 0.490 e. The molecule has 4 rings (SSSR count). The van der Waals surface area contributed by atoms with Crippen molar-refractivity contribution in [1.29, 1.82) is 0 Å². The first-order valence-electron chi connectivity index (χ1n) is 11.0. The van der Waals surface area contributed by atoms with E-state index in [4.69, 9.17) is 32.7 Å². The number of hydrogen-bond donors (Lipinski definition) is 1. The first kappa shape index (κ1) is 23.3. The van der Waals surface area contributed by atoms with Crippen molar-refractivity contribution in [3.05, 3.63) is 64.1 Å². The standard InChI is InChI=1S/C24H28Cl2N2O4/c25-21-7-6-19(14-22(21)26)32-18-8-10-27(11-9-18)15-20-16-28(12-13-31-20)23(24(29)30)17-4-2-1-3-5-17/h1-7,14,18,20,23H,8-13,15-16H2,(H,29,30)/t20-,23?/m1/s1. The summed E-state index contributed by atoms with van der Waals surface area (Å²) in [6.07, 6.45) is 1.96. The average Bonchev–Trinajstić information content (AvgIpc) is 2.79. The molecule has 0 amide bonds. The molecule has 32 heavy (non-hydrogen) atoms. The van der Waals surface area contributed by atoms with Crippen LogP contribution in [0.3, 0.4) is 0 Å². The fourth-order valence-electron chi connectivity index (χ4n) is 4.47. The fraction of sp³-hybridized carbons (Fsp3) is 0.458. The van der Waals surface area contributed by atoms with Gasteiger partial charge in [-0.1, -0.05) is 53.5 Å². The maximum atomic E-state index is 12.0. The number of carboxylic acid groups (broad SMARTS) is 1. The van der Waals surface area contributed by atoms with E-state index in [0.29, 0.717) is 29.7 Å². The summed E-state index contributed by atoms with van der Waals surface area (Å²) in [4.78, 5) is 16.4. The third-order valence-electron chi connectivity index (χ3n) is 6.07. The summed E-state index contributed by atoms with van der Waals surface area (Å²) < 4.78 is 12.1. The van der Waals surface area contributed by atoms with Crippen molar-refractivity contribution in [3.63, 3.8) is 0 Å². The highest BCUT2D eigenvalue weighted by Crippen LogP contribution is 2.28. The first-order chi connectivity index (χ1) is 15.5. The quantitative estimate of drug-likeness (QED) is 0.637. The predicted molar refractivity (Wildman–Crippen MR) is 125 cm³/mol. The van der Waals surface area contributed by atoms with Gasteiger partial charge in [0.2, 0.25) is 0 Å². The van der Waals surface area contributed by atoms with Crippen LogP contribution in [0.25, 0.3) is 0 Å². The summed E-state index contributed by atoms with van der Waals surface area (Å²) >= 11 is 12.1. The zero-order chi connectivity index (χ0) is 22.5. The Kier molecular flexibility index (Phi) is 7.92. The van der Waals surface area contributed by atoms with E-state index in [2.05, 4.69) is 4.90 Å². The molecule has 0 aliphatic carbocycles. The SMILES string of the molecule is O=C(O)C(c1ccccc1)N1CCO[C@H](CN2CCC(Oc3ccc(Cl)c(Cl)c3)CC2)C1. The Balaban J connectivity index is 1.28. The Hall–Kier alpha value is -1.83. The van der Waals surface area contributed by atoms with Crippen molar-refractivity contribution in [2.24, 2.45) is 0 Å². The molecule has 0 aromatic heterocycles. The van der Waals surface area contributed by atoms with Crippen LogP contribution in [-0.2, 0) is 9.53 Å². The van der Waals surface area contributed by atoms with Gasteiger partial charge < -0.3 is 19.5 Å². The van der Waals surface area contributed by atoms with Gasteiger partial charge in [0, 0.05) is 38.8 Å². The number of ether oxygens (including phenoxy) is 2. The van der Waals surface area contributed by atoms with Gasteiger partial charge in [0.1, 0.15) is 17.9 Å². The summed E-state index contributed by atoms with van der Waals surface area (Å²) in [5.41, 5.74) is 0.806. The highest BCUT2D eigenvalue weighted by Gasteiger charge is 2.33. The zero-order valence-electron chi connectivity index (χ0n) is 17.8. The lowest BCUT2D eigenvalue weighted by Crippen LogP contribution is -2.51. The molecule has 1 N–H and O–H groups in total. The Bertz CT molecular complexity index is 906. The summed E-state index contributed by atoms with van der Waals surface area (Å²) in [7, 11) is 0. The minimum Gasteiger partial charge on any atom is -0.490 e. The highest BCUT2D eigenvalue weighted by molar-refractivity contribution is 6.42. The van der Waals surface area contributed by atoms with E-state index >= 15 is 0 Å². The van der Waals surface area contributed by atoms with Gasteiger partial charge in [-0.05, 0) is 30.5 Å². The lowest BCUT2D eigenvalue weighted by Gasteiger charge is -2.40. The van der Waals surface area contributed by atoms with Crippen LogP contribution in [0, 0.1) is 0 Å². The smallest absolute Gasteiger partial charge is 0.325 e. The third-order valence-corrected chi connectivity index (χ3v) is 6.81. The number of piperidine rings is 1. The molecule has 6 nitrogen and oxygen atoms in total. The molecule has 8 heteroatoms. The molecule has 0 radical (unpaired) electrons. The van der Waals surface area contributed by atoms with Crippen LogP contribution in [0.15, 0.2) is 48.5 Å². The molecule has 2 aliphatic heterocycles. The van der Waals surface area contributed by atoms with E-state index in [1.54, 1.807) is 12.1 Å². The van der Waals surface area contributed by atoms with Crippen LogP contribution in [0.4, 0.5) is 0 Å². The predicted octanol–water partition coefficient (Wildman–Crippen LogP) is 4.36. The summed E-state index contributed by atoms with van der Waals surface area (Å²) in [5, 5.41) is 10.9. The van der Waals surface area contributed by atoms with E-state index in [1.807, 2.05) is 41.3 Å². The molecular formula is C24H28Cl2N2O4. The molecule has 0 bridgehead atoms. The molecule has 2 aromatic rings. The molecule has 2 aliphatic rings. The molecule has 2 heterocycles. The van der Waals surface area contributed by atoms with Crippen molar-refractivity contribution in [2.75, 3.05) is 39.3 Å². The second-order valence-corrected chi connectivity index (χ2v) is 9.15. The number of aliphatic carboxylic acids is 1. The number of benzene rings is 2. The number of rotatable bonds is 7. The van der Waals surface area contributed by atoms with Crippen LogP contribution >= 0.6 is 23.2 Å². The molecular weight excluding hydrogens is 451 g/mol. The second-order valence-electron chi connectivity index (χ2n) is 8.33. The average molecular weight is 479 g/mol. The first-order valence-corrected chi connectivity index (χ1v) is 11.7. The van der Waals surface area contributed by atoms with Crippen molar-refractivity contribution in [3.8, 4) is 5.75 Å². The van der Waals surface area contributed by atoms with Gasteiger partial charge in [0.25, 0.3) is 0 Å². The maximum absolute atomic E-state index is 12.0. The molecule has 2 saturated heterocycles. The van der Waals surface area contributed by atoms with Gasteiger partial charge in [-0.2, -0.15) is 0 Å². The molecule has 1 unspecified atom stereocenters.